The smallest absolute Gasteiger partial charge is 0.222 e. The normalized spacial score (nSPS) is 11.7. The van der Waals surface area contributed by atoms with E-state index in [4.69, 9.17) is 11.0 Å². The molecule has 1 atom stereocenters. The molecule has 0 aliphatic heterocycles. The predicted octanol–water partition coefficient (Wildman–Crippen LogP) is 1.64. The van der Waals surface area contributed by atoms with Crippen LogP contribution in [0.2, 0.25) is 0 Å². The topological polar surface area (TPSA) is 70.1 Å². The van der Waals surface area contributed by atoms with Gasteiger partial charge in [0.2, 0.25) is 5.91 Å². The molecule has 1 amide bonds. The molecule has 96 valence electrons. The number of rotatable bonds is 5. The lowest BCUT2D eigenvalue weighted by Gasteiger charge is -2.17. The molecule has 0 fully saturated rings. The molecule has 0 aromatic heterocycles. The molecule has 0 radical (unpaired) electrons. The Bertz CT molecular complexity index is 431. The summed E-state index contributed by atoms with van der Waals surface area (Å²) in [6, 6.07) is 9.38. The lowest BCUT2D eigenvalue weighted by atomic mass is 10.1. The van der Waals surface area contributed by atoms with Crippen LogP contribution in [0.15, 0.2) is 24.3 Å². The van der Waals surface area contributed by atoms with E-state index in [1.807, 2.05) is 19.1 Å². The van der Waals surface area contributed by atoms with Gasteiger partial charge in [-0.2, -0.15) is 5.26 Å². The first kappa shape index (κ1) is 14.2. The summed E-state index contributed by atoms with van der Waals surface area (Å²) in [6.45, 7) is 2.46. The molecule has 1 aromatic carbocycles. The van der Waals surface area contributed by atoms with Crippen LogP contribution in [0.5, 0.6) is 0 Å². The number of hydrogen-bond acceptors (Lipinski definition) is 3. The number of benzene rings is 1. The van der Waals surface area contributed by atoms with Gasteiger partial charge >= 0.3 is 0 Å². The average molecular weight is 245 g/mol. The van der Waals surface area contributed by atoms with Crippen molar-refractivity contribution in [1.82, 2.24) is 4.90 Å². The lowest BCUT2D eigenvalue weighted by Crippen LogP contribution is -2.27. The molecule has 4 heteroatoms. The fourth-order valence-electron chi connectivity index (χ4n) is 1.59. The summed E-state index contributed by atoms with van der Waals surface area (Å²) in [5, 5.41) is 8.69. The molecule has 18 heavy (non-hydrogen) atoms. The van der Waals surface area contributed by atoms with E-state index in [1.54, 1.807) is 24.1 Å². The van der Waals surface area contributed by atoms with E-state index in [2.05, 4.69) is 6.07 Å². The van der Waals surface area contributed by atoms with Crippen molar-refractivity contribution in [3.63, 3.8) is 0 Å². The minimum absolute atomic E-state index is 0.0530. The van der Waals surface area contributed by atoms with E-state index in [0.717, 1.165) is 5.56 Å². The van der Waals surface area contributed by atoms with Crippen LogP contribution in [-0.2, 0) is 11.3 Å². The van der Waals surface area contributed by atoms with Gasteiger partial charge in [0.25, 0.3) is 0 Å². The summed E-state index contributed by atoms with van der Waals surface area (Å²) < 4.78 is 0. The predicted molar refractivity (Wildman–Crippen MR) is 70.5 cm³/mol. The minimum atomic E-state index is 0.0530. The van der Waals surface area contributed by atoms with Gasteiger partial charge in [-0.15, -0.1) is 0 Å². The zero-order valence-electron chi connectivity index (χ0n) is 10.9. The van der Waals surface area contributed by atoms with Crippen LogP contribution < -0.4 is 5.73 Å². The Kier molecular flexibility index (Phi) is 5.34. The van der Waals surface area contributed by atoms with E-state index in [0.29, 0.717) is 24.9 Å². The van der Waals surface area contributed by atoms with Crippen molar-refractivity contribution in [2.45, 2.75) is 32.4 Å². The number of carbonyl (C=O) groups is 1. The summed E-state index contributed by atoms with van der Waals surface area (Å²) in [5.74, 6) is 0.0941. The number of nitrogens with zero attached hydrogens (tertiary/aromatic N) is 2. The number of carbonyl (C=O) groups excluding carboxylic acids is 1. The van der Waals surface area contributed by atoms with Gasteiger partial charge in [-0.25, -0.2) is 0 Å². The summed E-state index contributed by atoms with van der Waals surface area (Å²) in [4.78, 5) is 13.5. The first-order valence-electron chi connectivity index (χ1n) is 6.01. The third-order valence-corrected chi connectivity index (χ3v) is 2.74. The SMILES string of the molecule is CC(N)CCC(=O)N(C)Cc1ccc(C#N)cc1. The molecular formula is C14H19N3O. The van der Waals surface area contributed by atoms with Crippen LogP contribution in [0, 0.1) is 11.3 Å². The van der Waals surface area contributed by atoms with Crippen molar-refractivity contribution >= 4 is 5.91 Å². The van der Waals surface area contributed by atoms with E-state index < -0.39 is 0 Å². The molecule has 4 nitrogen and oxygen atoms in total. The first-order chi connectivity index (χ1) is 8.52. The van der Waals surface area contributed by atoms with Gasteiger partial charge in [0.15, 0.2) is 0 Å². The largest absolute Gasteiger partial charge is 0.341 e. The van der Waals surface area contributed by atoms with Crippen LogP contribution in [0.3, 0.4) is 0 Å². The second-order valence-electron chi connectivity index (χ2n) is 4.57. The van der Waals surface area contributed by atoms with Crippen LogP contribution >= 0.6 is 0 Å². The van der Waals surface area contributed by atoms with Crippen LogP contribution in [0.1, 0.15) is 30.9 Å². The van der Waals surface area contributed by atoms with E-state index >= 15 is 0 Å². The molecule has 0 saturated heterocycles. The quantitative estimate of drug-likeness (QED) is 0.857. The molecule has 0 bridgehead atoms. The highest BCUT2D eigenvalue weighted by Gasteiger charge is 2.09. The van der Waals surface area contributed by atoms with Gasteiger partial charge in [0, 0.05) is 26.1 Å². The molecule has 1 aromatic rings. The van der Waals surface area contributed by atoms with Gasteiger partial charge in [-0.1, -0.05) is 12.1 Å². The summed E-state index contributed by atoms with van der Waals surface area (Å²) in [7, 11) is 1.78. The van der Waals surface area contributed by atoms with Crippen molar-refractivity contribution in [3.8, 4) is 6.07 Å². The first-order valence-corrected chi connectivity index (χ1v) is 6.01. The van der Waals surface area contributed by atoms with Gasteiger partial charge in [0.05, 0.1) is 11.6 Å². The number of amides is 1. The van der Waals surface area contributed by atoms with Crippen molar-refractivity contribution in [2.24, 2.45) is 5.73 Å². The highest BCUT2D eigenvalue weighted by Crippen LogP contribution is 2.07. The van der Waals surface area contributed by atoms with Gasteiger partial charge in [-0.05, 0) is 31.0 Å². The number of nitrogens with two attached hydrogens (primary N) is 1. The molecule has 1 unspecified atom stereocenters. The van der Waals surface area contributed by atoms with Gasteiger partial charge < -0.3 is 10.6 Å². The fraction of sp³-hybridized carbons (Fsp3) is 0.429. The Morgan fingerprint density at radius 2 is 2.06 bits per heavy atom. The van der Waals surface area contributed by atoms with Crippen molar-refractivity contribution < 1.29 is 4.79 Å². The Labute approximate surface area is 108 Å². The Morgan fingerprint density at radius 3 is 2.56 bits per heavy atom. The number of nitriles is 1. The average Bonchev–Trinajstić information content (AvgIpc) is 2.36. The third kappa shape index (κ3) is 4.56. The second kappa shape index (κ2) is 6.77. The molecule has 0 saturated carbocycles. The van der Waals surface area contributed by atoms with Gasteiger partial charge in [-0.3, -0.25) is 4.79 Å². The monoisotopic (exact) mass is 245 g/mol. The Hall–Kier alpha value is -1.86. The molecule has 0 spiro atoms. The van der Waals surface area contributed by atoms with Crippen LogP contribution in [0.25, 0.3) is 0 Å². The maximum Gasteiger partial charge on any atom is 0.222 e. The molecule has 0 heterocycles. The van der Waals surface area contributed by atoms with E-state index in [1.165, 1.54) is 0 Å². The summed E-state index contributed by atoms with van der Waals surface area (Å²) in [6.07, 6.45) is 1.18. The highest BCUT2D eigenvalue weighted by atomic mass is 16.2. The summed E-state index contributed by atoms with van der Waals surface area (Å²) >= 11 is 0. The van der Waals surface area contributed by atoms with E-state index in [-0.39, 0.29) is 11.9 Å². The second-order valence-corrected chi connectivity index (χ2v) is 4.57. The van der Waals surface area contributed by atoms with Crippen molar-refractivity contribution in [1.29, 1.82) is 5.26 Å². The minimum Gasteiger partial charge on any atom is -0.341 e. The zero-order chi connectivity index (χ0) is 13.5. The van der Waals surface area contributed by atoms with Crippen LogP contribution in [0.4, 0.5) is 0 Å². The molecule has 0 aliphatic carbocycles. The zero-order valence-corrected chi connectivity index (χ0v) is 10.9. The Balaban J connectivity index is 2.50. The molecular weight excluding hydrogens is 226 g/mol. The van der Waals surface area contributed by atoms with Crippen LogP contribution in [-0.4, -0.2) is 23.9 Å². The molecule has 1 rings (SSSR count). The molecule has 0 aliphatic rings. The summed E-state index contributed by atoms with van der Waals surface area (Å²) in [5.41, 5.74) is 7.27. The maximum atomic E-state index is 11.8. The van der Waals surface area contributed by atoms with Crippen molar-refractivity contribution in [3.05, 3.63) is 35.4 Å². The Morgan fingerprint density at radius 1 is 1.44 bits per heavy atom. The van der Waals surface area contributed by atoms with E-state index in [9.17, 15) is 4.79 Å². The maximum absolute atomic E-state index is 11.8. The molecule has 2 N–H and O–H groups in total. The lowest BCUT2D eigenvalue weighted by molar-refractivity contribution is -0.130. The highest BCUT2D eigenvalue weighted by molar-refractivity contribution is 5.75. The fourth-order valence-corrected chi connectivity index (χ4v) is 1.59. The number of hydrogen-bond donors (Lipinski definition) is 1. The van der Waals surface area contributed by atoms with Gasteiger partial charge in [0.1, 0.15) is 0 Å². The third-order valence-electron chi connectivity index (χ3n) is 2.74. The standard InChI is InChI=1S/C14H19N3O/c1-11(16)3-8-14(18)17(2)10-13-6-4-12(9-15)5-7-13/h4-7,11H,3,8,10,16H2,1-2H3. The van der Waals surface area contributed by atoms with Crippen molar-refractivity contribution in [2.75, 3.05) is 7.05 Å².